The van der Waals surface area contributed by atoms with E-state index in [0.29, 0.717) is 19.4 Å². The van der Waals surface area contributed by atoms with Gasteiger partial charge in [-0.3, -0.25) is 9.59 Å². The number of aryl methyl sites for hydroxylation is 1. The van der Waals surface area contributed by atoms with Gasteiger partial charge in [0.15, 0.2) is 0 Å². The third-order valence-electron chi connectivity index (χ3n) is 2.55. The van der Waals surface area contributed by atoms with Crippen molar-refractivity contribution >= 4 is 11.9 Å². The molecule has 19 heavy (non-hydrogen) atoms. The van der Waals surface area contributed by atoms with Crippen molar-refractivity contribution in [3.63, 3.8) is 0 Å². The second-order valence-electron chi connectivity index (χ2n) is 3.89. The molecule has 1 rings (SSSR count). The topological polar surface area (TPSA) is 64.6 Å². The highest BCUT2D eigenvalue weighted by atomic mass is 16.5. The molecule has 1 N–H and O–H groups in total. The van der Waals surface area contributed by atoms with Gasteiger partial charge < -0.3 is 14.8 Å². The number of benzene rings is 1. The summed E-state index contributed by atoms with van der Waals surface area (Å²) >= 11 is 0. The lowest BCUT2D eigenvalue weighted by Crippen LogP contribution is -2.30. The third kappa shape index (κ3) is 5.42. The first-order valence-electron chi connectivity index (χ1n) is 6.21. The first-order chi connectivity index (χ1) is 9.17. The van der Waals surface area contributed by atoms with Crippen molar-refractivity contribution in [2.24, 2.45) is 0 Å². The van der Waals surface area contributed by atoms with Gasteiger partial charge in [0.1, 0.15) is 12.3 Å². The Labute approximate surface area is 112 Å². The molecule has 0 atom stereocenters. The fourth-order valence-corrected chi connectivity index (χ4v) is 1.63. The number of ether oxygens (including phenoxy) is 2. The summed E-state index contributed by atoms with van der Waals surface area (Å²) < 4.78 is 9.92. The van der Waals surface area contributed by atoms with Crippen molar-refractivity contribution in [1.82, 2.24) is 5.32 Å². The van der Waals surface area contributed by atoms with Gasteiger partial charge in [0.05, 0.1) is 13.7 Å². The molecule has 0 bridgehead atoms. The van der Waals surface area contributed by atoms with Gasteiger partial charge in [-0.1, -0.05) is 18.2 Å². The largest absolute Gasteiger partial charge is 0.496 e. The van der Waals surface area contributed by atoms with Crippen LogP contribution in [0.15, 0.2) is 24.3 Å². The second kappa shape index (κ2) is 8.13. The Balaban J connectivity index is 2.35. The standard InChI is InChI=1S/C14H19NO4/c1-3-19-14(17)10-15-13(16)9-8-11-6-4-5-7-12(11)18-2/h4-7H,3,8-10H2,1-2H3,(H,15,16). The normalized spacial score (nSPS) is 9.79. The molecule has 0 fully saturated rings. The van der Waals surface area contributed by atoms with E-state index in [0.717, 1.165) is 11.3 Å². The van der Waals surface area contributed by atoms with Crippen LogP contribution in [0.25, 0.3) is 0 Å². The van der Waals surface area contributed by atoms with Crippen LogP contribution in [-0.4, -0.2) is 32.1 Å². The van der Waals surface area contributed by atoms with Crippen LogP contribution in [0.5, 0.6) is 5.75 Å². The molecular formula is C14H19NO4. The van der Waals surface area contributed by atoms with Gasteiger partial charge in [-0.05, 0) is 25.0 Å². The lowest BCUT2D eigenvalue weighted by Gasteiger charge is -2.08. The molecule has 0 radical (unpaired) electrons. The fraction of sp³-hybridized carbons (Fsp3) is 0.429. The molecule has 1 aromatic carbocycles. The zero-order valence-electron chi connectivity index (χ0n) is 11.3. The molecule has 0 aliphatic heterocycles. The number of rotatable bonds is 7. The predicted octanol–water partition coefficient (Wildman–Crippen LogP) is 1.31. The van der Waals surface area contributed by atoms with E-state index < -0.39 is 5.97 Å². The lowest BCUT2D eigenvalue weighted by molar-refractivity contribution is -0.143. The van der Waals surface area contributed by atoms with Gasteiger partial charge >= 0.3 is 5.97 Å². The molecule has 0 saturated heterocycles. The minimum absolute atomic E-state index is 0.0847. The van der Waals surface area contributed by atoms with E-state index in [2.05, 4.69) is 5.32 Å². The van der Waals surface area contributed by atoms with Crippen molar-refractivity contribution in [2.45, 2.75) is 19.8 Å². The summed E-state index contributed by atoms with van der Waals surface area (Å²) in [5.74, 6) is 0.160. The molecule has 0 heterocycles. The molecule has 5 nitrogen and oxygen atoms in total. The highest BCUT2D eigenvalue weighted by Gasteiger charge is 2.08. The Hall–Kier alpha value is -2.04. The van der Waals surface area contributed by atoms with E-state index >= 15 is 0 Å². The summed E-state index contributed by atoms with van der Waals surface area (Å²) in [6.07, 6.45) is 0.873. The van der Waals surface area contributed by atoms with E-state index in [4.69, 9.17) is 9.47 Å². The number of nitrogens with one attached hydrogen (secondary N) is 1. The molecular weight excluding hydrogens is 246 g/mol. The number of carbonyl (C=O) groups excluding carboxylic acids is 2. The smallest absolute Gasteiger partial charge is 0.325 e. The second-order valence-corrected chi connectivity index (χ2v) is 3.89. The molecule has 0 aliphatic rings. The van der Waals surface area contributed by atoms with E-state index in [-0.39, 0.29) is 12.5 Å². The maximum absolute atomic E-state index is 11.6. The molecule has 1 aromatic rings. The van der Waals surface area contributed by atoms with Crippen molar-refractivity contribution in [3.8, 4) is 5.75 Å². The van der Waals surface area contributed by atoms with E-state index in [1.807, 2.05) is 24.3 Å². The number of hydrogen-bond acceptors (Lipinski definition) is 4. The Bertz CT molecular complexity index is 431. The molecule has 104 valence electrons. The zero-order chi connectivity index (χ0) is 14.1. The number of carbonyl (C=O) groups is 2. The quantitative estimate of drug-likeness (QED) is 0.755. The van der Waals surface area contributed by atoms with Crippen molar-refractivity contribution in [3.05, 3.63) is 29.8 Å². The molecule has 0 aliphatic carbocycles. The van der Waals surface area contributed by atoms with Crippen LogP contribution in [0.3, 0.4) is 0 Å². The number of methoxy groups -OCH3 is 1. The third-order valence-corrected chi connectivity index (χ3v) is 2.55. The first kappa shape index (κ1) is 15.0. The maximum atomic E-state index is 11.6. The minimum Gasteiger partial charge on any atom is -0.496 e. The van der Waals surface area contributed by atoms with Gasteiger partial charge in [0.2, 0.25) is 5.91 Å². The van der Waals surface area contributed by atoms with Crippen LogP contribution in [0, 0.1) is 0 Å². The van der Waals surface area contributed by atoms with E-state index in [1.54, 1.807) is 14.0 Å². The average molecular weight is 265 g/mol. The first-order valence-corrected chi connectivity index (χ1v) is 6.21. The van der Waals surface area contributed by atoms with Crippen LogP contribution in [0.1, 0.15) is 18.9 Å². The van der Waals surface area contributed by atoms with Crippen molar-refractivity contribution < 1.29 is 19.1 Å². The minimum atomic E-state index is -0.423. The average Bonchev–Trinajstić information content (AvgIpc) is 2.43. The zero-order valence-corrected chi connectivity index (χ0v) is 11.3. The Morgan fingerprint density at radius 2 is 2.00 bits per heavy atom. The Morgan fingerprint density at radius 1 is 1.26 bits per heavy atom. The van der Waals surface area contributed by atoms with Crippen molar-refractivity contribution in [1.29, 1.82) is 0 Å². The summed E-state index contributed by atoms with van der Waals surface area (Å²) in [5.41, 5.74) is 0.969. The molecule has 5 heteroatoms. The highest BCUT2D eigenvalue weighted by Crippen LogP contribution is 2.18. The summed E-state index contributed by atoms with van der Waals surface area (Å²) in [4.78, 5) is 22.6. The number of amides is 1. The van der Waals surface area contributed by atoms with E-state index in [9.17, 15) is 9.59 Å². The van der Waals surface area contributed by atoms with Crippen LogP contribution in [0.4, 0.5) is 0 Å². The summed E-state index contributed by atoms with van der Waals surface area (Å²) in [6, 6.07) is 7.54. The lowest BCUT2D eigenvalue weighted by atomic mass is 10.1. The monoisotopic (exact) mass is 265 g/mol. The van der Waals surface area contributed by atoms with Crippen LogP contribution in [-0.2, 0) is 20.7 Å². The van der Waals surface area contributed by atoms with Crippen LogP contribution >= 0.6 is 0 Å². The van der Waals surface area contributed by atoms with Crippen LogP contribution < -0.4 is 10.1 Å². The number of esters is 1. The summed E-state index contributed by atoms with van der Waals surface area (Å²) in [6.45, 7) is 1.95. The summed E-state index contributed by atoms with van der Waals surface area (Å²) in [5, 5.41) is 2.52. The molecule has 0 unspecified atom stereocenters. The van der Waals surface area contributed by atoms with Gasteiger partial charge in [0, 0.05) is 6.42 Å². The number of para-hydroxylation sites is 1. The predicted molar refractivity (Wildman–Crippen MR) is 71.0 cm³/mol. The van der Waals surface area contributed by atoms with Gasteiger partial charge in [0.25, 0.3) is 0 Å². The Morgan fingerprint density at radius 3 is 2.68 bits per heavy atom. The number of hydrogen-bond donors (Lipinski definition) is 1. The molecule has 0 aromatic heterocycles. The Kier molecular flexibility index (Phi) is 6.43. The molecule has 0 spiro atoms. The molecule has 1 amide bonds. The van der Waals surface area contributed by atoms with Crippen molar-refractivity contribution in [2.75, 3.05) is 20.3 Å². The molecule has 0 saturated carbocycles. The van der Waals surface area contributed by atoms with E-state index in [1.165, 1.54) is 0 Å². The SMILES string of the molecule is CCOC(=O)CNC(=O)CCc1ccccc1OC. The fourth-order valence-electron chi connectivity index (χ4n) is 1.63. The van der Waals surface area contributed by atoms with Gasteiger partial charge in [-0.25, -0.2) is 0 Å². The highest BCUT2D eigenvalue weighted by molar-refractivity contribution is 5.82. The summed E-state index contributed by atoms with van der Waals surface area (Å²) in [7, 11) is 1.60. The van der Waals surface area contributed by atoms with Crippen LogP contribution in [0.2, 0.25) is 0 Å². The van der Waals surface area contributed by atoms with Gasteiger partial charge in [-0.2, -0.15) is 0 Å². The maximum Gasteiger partial charge on any atom is 0.325 e. The van der Waals surface area contributed by atoms with Gasteiger partial charge in [-0.15, -0.1) is 0 Å².